The Kier molecular flexibility index (Phi) is 4.40. The van der Waals surface area contributed by atoms with Crippen molar-refractivity contribution >= 4 is 11.8 Å². The Balaban J connectivity index is 1.23. The van der Waals surface area contributed by atoms with Crippen molar-refractivity contribution in [1.82, 2.24) is 9.80 Å². The molecule has 6 atom stereocenters. The van der Waals surface area contributed by atoms with E-state index < -0.39 is 29.1 Å². The summed E-state index contributed by atoms with van der Waals surface area (Å²) in [7, 11) is 0. The van der Waals surface area contributed by atoms with Gasteiger partial charge in [-0.3, -0.25) is 19.4 Å². The second-order valence-electron chi connectivity index (χ2n) is 12.2. The van der Waals surface area contributed by atoms with Gasteiger partial charge in [-0.15, -0.1) is 0 Å². The summed E-state index contributed by atoms with van der Waals surface area (Å²) in [5, 5.41) is 23.5. The van der Waals surface area contributed by atoms with E-state index in [4.69, 9.17) is 4.74 Å². The zero-order valence-corrected chi connectivity index (χ0v) is 20.8. The molecule has 1 unspecified atom stereocenters. The second kappa shape index (κ2) is 7.35. The van der Waals surface area contributed by atoms with E-state index in [1.807, 2.05) is 36.4 Å². The monoisotopic (exact) mass is 500 g/mol. The Labute approximate surface area is 216 Å². The van der Waals surface area contributed by atoms with Crippen molar-refractivity contribution in [2.75, 3.05) is 13.1 Å². The van der Waals surface area contributed by atoms with Crippen LogP contribution in [0.2, 0.25) is 0 Å². The minimum Gasteiger partial charge on any atom is -0.504 e. The minimum absolute atomic E-state index is 0.0288. The highest BCUT2D eigenvalue weighted by atomic mass is 16.5. The number of imide groups is 1. The van der Waals surface area contributed by atoms with E-state index in [0.717, 1.165) is 42.1 Å². The average molecular weight is 501 g/mol. The molecule has 2 saturated heterocycles. The van der Waals surface area contributed by atoms with Crippen molar-refractivity contribution in [1.29, 1.82) is 0 Å². The molecule has 2 aromatic rings. The van der Waals surface area contributed by atoms with Crippen LogP contribution in [0, 0.1) is 5.92 Å². The fraction of sp³-hybridized carbons (Fsp3) is 0.533. The predicted octanol–water partition coefficient (Wildman–Crippen LogP) is 2.87. The van der Waals surface area contributed by atoms with Crippen molar-refractivity contribution in [3.05, 3.63) is 59.2 Å². The van der Waals surface area contributed by atoms with E-state index in [9.17, 15) is 19.8 Å². The molecule has 6 aliphatic rings. The molecule has 2 N–H and O–H groups in total. The third-order valence-corrected chi connectivity index (χ3v) is 10.4. The van der Waals surface area contributed by atoms with Crippen molar-refractivity contribution in [3.8, 4) is 11.5 Å². The van der Waals surface area contributed by atoms with E-state index in [0.29, 0.717) is 25.0 Å². The molecule has 2 saturated carbocycles. The molecule has 7 nitrogen and oxygen atoms in total. The molecule has 8 rings (SSSR count). The third kappa shape index (κ3) is 2.74. The van der Waals surface area contributed by atoms with Crippen LogP contribution >= 0.6 is 0 Å². The first-order valence-electron chi connectivity index (χ1n) is 13.8. The maximum absolute atomic E-state index is 13.8. The zero-order valence-electron chi connectivity index (χ0n) is 20.8. The molecule has 192 valence electrons. The number of likely N-dealkylation sites (tertiary alicyclic amines) is 2. The number of ether oxygens (including phenoxy) is 1. The number of carbonyl (C=O) groups excluding carboxylic acids is 2. The highest BCUT2D eigenvalue weighted by Crippen LogP contribution is 2.66. The summed E-state index contributed by atoms with van der Waals surface area (Å²) in [6.07, 6.45) is 4.53. The number of benzene rings is 2. The van der Waals surface area contributed by atoms with Crippen LogP contribution in [0.1, 0.15) is 61.1 Å². The van der Waals surface area contributed by atoms with Gasteiger partial charge in [-0.05, 0) is 68.2 Å². The van der Waals surface area contributed by atoms with Gasteiger partial charge in [0.2, 0.25) is 11.8 Å². The molecule has 3 heterocycles. The maximum Gasteiger partial charge on any atom is 0.237 e. The Morgan fingerprint density at radius 1 is 1.00 bits per heavy atom. The first-order valence-corrected chi connectivity index (χ1v) is 13.8. The van der Waals surface area contributed by atoms with Gasteiger partial charge < -0.3 is 14.9 Å². The Hall–Kier alpha value is -2.90. The van der Waals surface area contributed by atoms with Gasteiger partial charge in [-0.2, -0.15) is 0 Å². The highest BCUT2D eigenvalue weighted by Gasteiger charge is 2.74. The van der Waals surface area contributed by atoms with Crippen LogP contribution < -0.4 is 4.74 Å². The van der Waals surface area contributed by atoms with Crippen molar-refractivity contribution < 1.29 is 24.5 Å². The molecule has 2 bridgehead atoms. The number of aliphatic hydroxyl groups is 1. The molecule has 0 radical (unpaired) electrons. The van der Waals surface area contributed by atoms with Gasteiger partial charge >= 0.3 is 0 Å². The first kappa shape index (κ1) is 22.1. The third-order valence-electron chi connectivity index (χ3n) is 10.4. The standard InChI is InChI=1S/C30H32N2O5/c33-22-9-8-19-14-23-30(36)11-10-21(32-24(34)15-20(28(32)35)18-4-2-1-3-5-18)27-29(30,25(19)26(22)37-27)12-13-31(23)16-17-6-7-17/h1-5,8-9,17,20-21,23,27,33,36H,6-7,10-16H2/t20?,21-,23+,27+,29+,30-/m1/s1. The molecular weight excluding hydrogens is 468 g/mol. The number of aromatic hydroxyl groups is 1. The van der Waals surface area contributed by atoms with Gasteiger partial charge in [0.25, 0.3) is 0 Å². The number of hydrogen-bond donors (Lipinski definition) is 2. The number of phenols is 1. The van der Waals surface area contributed by atoms with Crippen LogP contribution in [-0.4, -0.2) is 68.7 Å². The van der Waals surface area contributed by atoms with E-state index in [2.05, 4.69) is 4.90 Å². The molecular formula is C30H32N2O5. The molecule has 3 aliphatic heterocycles. The van der Waals surface area contributed by atoms with E-state index in [1.54, 1.807) is 6.07 Å². The van der Waals surface area contributed by atoms with Crippen LogP contribution in [0.25, 0.3) is 0 Å². The Morgan fingerprint density at radius 2 is 1.81 bits per heavy atom. The second-order valence-corrected chi connectivity index (χ2v) is 12.2. The van der Waals surface area contributed by atoms with Gasteiger partial charge in [-0.1, -0.05) is 36.4 Å². The molecule has 0 aromatic heterocycles. The largest absolute Gasteiger partial charge is 0.504 e. The van der Waals surface area contributed by atoms with Crippen LogP contribution in [0.3, 0.4) is 0 Å². The number of carbonyl (C=O) groups is 2. The molecule has 2 amide bonds. The quantitative estimate of drug-likeness (QED) is 0.628. The summed E-state index contributed by atoms with van der Waals surface area (Å²) < 4.78 is 6.59. The number of hydrogen-bond acceptors (Lipinski definition) is 6. The van der Waals surface area contributed by atoms with Crippen LogP contribution in [-0.2, 0) is 21.4 Å². The fourth-order valence-electron chi connectivity index (χ4n) is 8.66. The van der Waals surface area contributed by atoms with Crippen molar-refractivity contribution in [2.24, 2.45) is 5.92 Å². The molecule has 3 aliphatic carbocycles. The summed E-state index contributed by atoms with van der Waals surface area (Å²) in [6, 6.07) is 12.7. The number of piperidine rings is 1. The molecule has 2 aromatic carbocycles. The lowest BCUT2D eigenvalue weighted by molar-refractivity contribution is -0.201. The Bertz CT molecular complexity index is 1320. The lowest BCUT2D eigenvalue weighted by Gasteiger charge is -2.64. The normalized spacial score (nSPS) is 38.0. The maximum atomic E-state index is 13.8. The first-order chi connectivity index (χ1) is 17.9. The molecule has 1 spiro atoms. The summed E-state index contributed by atoms with van der Waals surface area (Å²) in [5.74, 6) is 0.401. The average Bonchev–Trinajstić information content (AvgIpc) is 3.57. The van der Waals surface area contributed by atoms with E-state index >= 15 is 0 Å². The van der Waals surface area contributed by atoms with Gasteiger partial charge in [-0.25, -0.2) is 0 Å². The number of phenolic OH excluding ortho intramolecular Hbond substituents is 1. The van der Waals surface area contributed by atoms with E-state index in [-0.39, 0.29) is 30.0 Å². The SMILES string of the molecule is O=C1CC(c2ccccc2)C(=O)N1[C@@H]1CC[C@@]2(O)[C@@H]3Cc4ccc(O)c5c4[C@@]2(CCN3CC2CC2)[C@H]1O5. The zero-order chi connectivity index (χ0) is 25.1. The number of nitrogens with zero attached hydrogens (tertiary/aromatic N) is 2. The molecule has 37 heavy (non-hydrogen) atoms. The summed E-state index contributed by atoms with van der Waals surface area (Å²) in [5.41, 5.74) is 1.12. The van der Waals surface area contributed by atoms with E-state index in [1.165, 1.54) is 17.7 Å². The minimum atomic E-state index is -1.03. The molecule has 7 heteroatoms. The molecule has 4 fully saturated rings. The summed E-state index contributed by atoms with van der Waals surface area (Å²) >= 11 is 0. The Morgan fingerprint density at radius 3 is 2.59 bits per heavy atom. The lowest BCUT2D eigenvalue weighted by atomic mass is 9.48. The van der Waals surface area contributed by atoms with Crippen LogP contribution in [0.15, 0.2) is 42.5 Å². The van der Waals surface area contributed by atoms with Gasteiger partial charge in [0, 0.05) is 24.6 Å². The van der Waals surface area contributed by atoms with Crippen molar-refractivity contribution in [3.63, 3.8) is 0 Å². The lowest BCUT2D eigenvalue weighted by Crippen LogP contribution is -2.78. The topological polar surface area (TPSA) is 90.3 Å². The fourth-order valence-corrected chi connectivity index (χ4v) is 8.66. The smallest absolute Gasteiger partial charge is 0.237 e. The number of amides is 2. The van der Waals surface area contributed by atoms with Gasteiger partial charge in [0.1, 0.15) is 6.10 Å². The van der Waals surface area contributed by atoms with Crippen molar-refractivity contribution in [2.45, 2.75) is 80.1 Å². The van der Waals surface area contributed by atoms with Gasteiger partial charge in [0.05, 0.1) is 23.0 Å². The summed E-state index contributed by atoms with van der Waals surface area (Å²) in [6.45, 7) is 1.86. The van der Waals surface area contributed by atoms with Crippen LogP contribution in [0.4, 0.5) is 0 Å². The highest BCUT2D eigenvalue weighted by molar-refractivity contribution is 6.06. The van der Waals surface area contributed by atoms with Crippen LogP contribution in [0.5, 0.6) is 11.5 Å². The predicted molar refractivity (Wildman–Crippen MR) is 134 cm³/mol. The summed E-state index contributed by atoms with van der Waals surface area (Å²) in [4.78, 5) is 31.1. The van der Waals surface area contributed by atoms with Gasteiger partial charge in [0.15, 0.2) is 11.5 Å². The number of rotatable bonds is 4.